The van der Waals surface area contributed by atoms with Gasteiger partial charge in [0.25, 0.3) is 5.91 Å². The molecule has 144 valence electrons. The Hall–Kier alpha value is -3.22. The standard InChI is InChI=1S/C21H22N4O3/c1-12-11-16(18-13(2)23-24(3)19(18)22-12)20(26)25-10-6-8-14-15(21(27)28-4)7-5-9-17(14)25/h5,7,9,11H,6,8,10H2,1-4H3. The van der Waals surface area contributed by atoms with E-state index in [4.69, 9.17) is 4.74 Å². The minimum absolute atomic E-state index is 0.102. The third-order valence-electron chi connectivity index (χ3n) is 5.23. The largest absolute Gasteiger partial charge is 0.465 e. The van der Waals surface area contributed by atoms with Crippen molar-refractivity contribution >= 4 is 28.6 Å². The molecular formula is C21H22N4O3. The number of pyridine rings is 1. The van der Waals surface area contributed by atoms with Crippen molar-refractivity contribution in [1.82, 2.24) is 14.8 Å². The second-order valence-corrected chi connectivity index (χ2v) is 7.07. The predicted octanol–water partition coefficient (Wildman–Crippen LogP) is 2.96. The van der Waals surface area contributed by atoms with Gasteiger partial charge in [-0.05, 0) is 50.5 Å². The third kappa shape index (κ3) is 2.74. The molecule has 0 saturated carbocycles. The Labute approximate surface area is 162 Å². The maximum absolute atomic E-state index is 13.6. The van der Waals surface area contributed by atoms with Gasteiger partial charge in [-0.25, -0.2) is 9.78 Å². The topological polar surface area (TPSA) is 77.3 Å². The van der Waals surface area contributed by atoms with Crippen LogP contribution in [0.25, 0.3) is 11.0 Å². The zero-order valence-corrected chi connectivity index (χ0v) is 16.4. The van der Waals surface area contributed by atoms with E-state index >= 15 is 0 Å². The maximum atomic E-state index is 13.6. The summed E-state index contributed by atoms with van der Waals surface area (Å²) in [6.07, 6.45) is 1.52. The first-order valence-corrected chi connectivity index (χ1v) is 9.25. The minimum atomic E-state index is -0.378. The van der Waals surface area contributed by atoms with E-state index in [9.17, 15) is 9.59 Å². The van der Waals surface area contributed by atoms with Crippen LogP contribution in [0.5, 0.6) is 0 Å². The van der Waals surface area contributed by atoms with Gasteiger partial charge in [0, 0.05) is 25.0 Å². The number of hydrogen-bond acceptors (Lipinski definition) is 5. The highest BCUT2D eigenvalue weighted by Crippen LogP contribution is 2.33. The smallest absolute Gasteiger partial charge is 0.338 e. The van der Waals surface area contributed by atoms with Gasteiger partial charge < -0.3 is 9.64 Å². The fourth-order valence-corrected chi connectivity index (χ4v) is 4.02. The monoisotopic (exact) mass is 378 g/mol. The molecule has 0 unspecified atom stereocenters. The number of rotatable bonds is 2. The van der Waals surface area contributed by atoms with E-state index in [0.717, 1.165) is 40.9 Å². The number of benzene rings is 1. The zero-order valence-electron chi connectivity index (χ0n) is 16.4. The molecule has 0 radical (unpaired) electrons. The van der Waals surface area contributed by atoms with Crippen molar-refractivity contribution in [3.63, 3.8) is 0 Å². The van der Waals surface area contributed by atoms with Gasteiger partial charge in [-0.3, -0.25) is 9.48 Å². The van der Waals surface area contributed by atoms with Crippen LogP contribution in [-0.2, 0) is 18.2 Å². The number of carbonyl (C=O) groups excluding carboxylic acids is 2. The van der Waals surface area contributed by atoms with E-state index in [1.807, 2.05) is 33.0 Å². The molecule has 7 nitrogen and oxygen atoms in total. The predicted molar refractivity (Wildman–Crippen MR) is 106 cm³/mol. The summed E-state index contributed by atoms with van der Waals surface area (Å²) < 4.78 is 6.62. The van der Waals surface area contributed by atoms with Gasteiger partial charge >= 0.3 is 5.97 Å². The molecule has 28 heavy (non-hydrogen) atoms. The van der Waals surface area contributed by atoms with Crippen LogP contribution in [0.2, 0.25) is 0 Å². The fraction of sp³-hybridized carbons (Fsp3) is 0.333. The van der Waals surface area contributed by atoms with Gasteiger partial charge in [0.2, 0.25) is 0 Å². The normalized spacial score (nSPS) is 13.5. The molecule has 0 N–H and O–H groups in total. The average Bonchev–Trinajstić information content (AvgIpc) is 2.98. The molecular weight excluding hydrogens is 356 g/mol. The molecule has 1 aromatic carbocycles. The number of aromatic nitrogens is 3. The highest BCUT2D eigenvalue weighted by molar-refractivity contribution is 6.14. The van der Waals surface area contributed by atoms with Crippen molar-refractivity contribution in [2.75, 3.05) is 18.6 Å². The molecule has 1 aliphatic heterocycles. The van der Waals surface area contributed by atoms with Gasteiger partial charge in [-0.1, -0.05) is 6.07 Å². The molecule has 1 aliphatic rings. The number of ether oxygens (including phenoxy) is 1. The lowest BCUT2D eigenvalue weighted by molar-refractivity contribution is 0.0599. The Kier molecular flexibility index (Phi) is 4.37. The van der Waals surface area contributed by atoms with Crippen molar-refractivity contribution in [2.24, 2.45) is 7.05 Å². The van der Waals surface area contributed by atoms with Crippen molar-refractivity contribution in [2.45, 2.75) is 26.7 Å². The second kappa shape index (κ2) is 6.74. The molecule has 4 rings (SSSR count). The summed E-state index contributed by atoms with van der Waals surface area (Å²) in [6.45, 7) is 4.35. The summed E-state index contributed by atoms with van der Waals surface area (Å²) >= 11 is 0. The van der Waals surface area contributed by atoms with Gasteiger partial charge in [-0.2, -0.15) is 5.10 Å². The van der Waals surface area contributed by atoms with Crippen LogP contribution in [-0.4, -0.2) is 40.3 Å². The van der Waals surface area contributed by atoms with E-state index in [1.165, 1.54) is 7.11 Å². The van der Waals surface area contributed by atoms with Gasteiger partial charge in [0.15, 0.2) is 5.65 Å². The maximum Gasteiger partial charge on any atom is 0.338 e. The Morgan fingerprint density at radius 2 is 1.96 bits per heavy atom. The summed E-state index contributed by atoms with van der Waals surface area (Å²) in [5.41, 5.74) is 4.97. The fourth-order valence-electron chi connectivity index (χ4n) is 4.02. The number of aryl methyl sites for hydroxylation is 3. The van der Waals surface area contributed by atoms with E-state index in [-0.39, 0.29) is 11.9 Å². The molecule has 0 bridgehead atoms. The highest BCUT2D eigenvalue weighted by atomic mass is 16.5. The molecule has 0 saturated heterocycles. The first kappa shape index (κ1) is 18.2. The lowest BCUT2D eigenvalue weighted by Crippen LogP contribution is -2.36. The number of esters is 1. The van der Waals surface area contributed by atoms with Crippen LogP contribution in [0.15, 0.2) is 24.3 Å². The Morgan fingerprint density at radius 1 is 1.18 bits per heavy atom. The molecule has 0 aliphatic carbocycles. The van der Waals surface area contributed by atoms with Gasteiger partial charge in [0.1, 0.15) is 0 Å². The van der Waals surface area contributed by atoms with E-state index in [1.54, 1.807) is 21.7 Å². The van der Waals surface area contributed by atoms with Crippen LogP contribution in [0.1, 0.15) is 44.1 Å². The lowest BCUT2D eigenvalue weighted by Gasteiger charge is -2.30. The lowest BCUT2D eigenvalue weighted by atomic mass is 9.95. The van der Waals surface area contributed by atoms with E-state index in [2.05, 4.69) is 10.1 Å². The van der Waals surface area contributed by atoms with Gasteiger partial charge in [-0.15, -0.1) is 0 Å². The van der Waals surface area contributed by atoms with Crippen molar-refractivity contribution < 1.29 is 14.3 Å². The number of hydrogen-bond donors (Lipinski definition) is 0. The van der Waals surface area contributed by atoms with Crippen LogP contribution in [0.4, 0.5) is 5.69 Å². The summed E-state index contributed by atoms with van der Waals surface area (Å²) in [5.74, 6) is -0.481. The number of nitrogens with zero attached hydrogens (tertiary/aromatic N) is 4. The Morgan fingerprint density at radius 3 is 2.71 bits per heavy atom. The number of amides is 1. The number of fused-ring (bicyclic) bond motifs is 2. The molecule has 0 atom stereocenters. The first-order valence-electron chi connectivity index (χ1n) is 9.25. The highest BCUT2D eigenvalue weighted by Gasteiger charge is 2.29. The average molecular weight is 378 g/mol. The number of anilines is 1. The Bertz CT molecular complexity index is 1120. The molecule has 3 aromatic rings. The van der Waals surface area contributed by atoms with Crippen molar-refractivity contribution in [1.29, 1.82) is 0 Å². The summed E-state index contributed by atoms with van der Waals surface area (Å²) in [6, 6.07) is 7.25. The van der Waals surface area contributed by atoms with Crippen molar-refractivity contribution in [3.05, 3.63) is 52.3 Å². The molecule has 0 fully saturated rings. The van der Waals surface area contributed by atoms with Crippen LogP contribution in [0.3, 0.4) is 0 Å². The Balaban J connectivity index is 1.86. The number of carbonyl (C=O) groups is 2. The SMILES string of the molecule is COC(=O)c1cccc2c1CCCN2C(=O)c1cc(C)nc2c1c(C)nn2C. The summed E-state index contributed by atoms with van der Waals surface area (Å²) in [4.78, 5) is 32.0. The quantitative estimate of drug-likeness (QED) is 0.641. The van der Waals surface area contributed by atoms with E-state index < -0.39 is 0 Å². The molecule has 7 heteroatoms. The van der Waals surface area contributed by atoms with Crippen LogP contribution in [0, 0.1) is 13.8 Å². The van der Waals surface area contributed by atoms with E-state index in [0.29, 0.717) is 23.3 Å². The molecule has 0 spiro atoms. The number of methoxy groups -OCH3 is 1. The first-order chi connectivity index (χ1) is 13.4. The molecule has 3 heterocycles. The minimum Gasteiger partial charge on any atom is -0.465 e. The van der Waals surface area contributed by atoms with Crippen LogP contribution < -0.4 is 4.90 Å². The third-order valence-corrected chi connectivity index (χ3v) is 5.23. The zero-order chi connectivity index (χ0) is 20.0. The molecule has 1 amide bonds. The van der Waals surface area contributed by atoms with Crippen molar-refractivity contribution in [3.8, 4) is 0 Å². The summed E-state index contributed by atoms with van der Waals surface area (Å²) in [7, 11) is 3.20. The molecule has 2 aromatic heterocycles. The second-order valence-electron chi connectivity index (χ2n) is 7.07. The van der Waals surface area contributed by atoms with Crippen LogP contribution >= 0.6 is 0 Å². The summed E-state index contributed by atoms with van der Waals surface area (Å²) in [5, 5.41) is 5.21. The van der Waals surface area contributed by atoms with Gasteiger partial charge in [0.05, 0.1) is 29.3 Å².